The number of hydrogen-bond donors (Lipinski definition) is 0. The van der Waals surface area contributed by atoms with Gasteiger partial charge in [-0.25, -0.2) is 0 Å². The standard InChI is InChI=1S/C10H9NO2/c12-6-5-11-7-8-3-1-2-4-9(8)10(11)13/h1-4,6H,5,7H2. The van der Waals surface area contributed by atoms with Crippen LogP contribution in [0.5, 0.6) is 0 Å². The number of rotatable bonds is 2. The lowest BCUT2D eigenvalue weighted by molar-refractivity contribution is -0.108. The van der Waals surface area contributed by atoms with E-state index < -0.39 is 0 Å². The Morgan fingerprint density at radius 1 is 1.38 bits per heavy atom. The van der Waals surface area contributed by atoms with Gasteiger partial charge in [-0.15, -0.1) is 0 Å². The van der Waals surface area contributed by atoms with Crippen molar-refractivity contribution in [1.29, 1.82) is 0 Å². The van der Waals surface area contributed by atoms with E-state index in [1.807, 2.05) is 18.2 Å². The van der Waals surface area contributed by atoms with Crippen LogP contribution in [0.1, 0.15) is 15.9 Å². The fraction of sp³-hybridized carbons (Fsp3) is 0.200. The summed E-state index contributed by atoms with van der Waals surface area (Å²) in [6, 6.07) is 7.44. The van der Waals surface area contributed by atoms with E-state index in [1.54, 1.807) is 6.07 Å². The first-order valence-corrected chi connectivity index (χ1v) is 4.14. The molecule has 0 spiro atoms. The van der Waals surface area contributed by atoms with E-state index in [0.29, 0.717) is 6.54 Å². The summed E-state index contributed by atoms with van der Waals surface area (Å²) in [5, 5.41) is 0. The predicted molar refractivity (Wildman–Crippen MR) is 47.2 cm³/mol. The molecule has 0 saturated heterocycles. The van der Waals surface area contributed by atoms with Crippen molar-refractivity contribution in [3.8, 4) is 0 Å². The number of carbonyl (C=O) groups is 2. The Bertz CT molecular complexity index is 360. The van der Waals surface area contributed by atoms with E-state index in [0.717, 1.165) is 17.4 Å². The second-order valence-electron chi connectivity index (χ2n) is 3.01. The molecule has 1 aromatic rings. The maximum Gasteiger partial charge on any atom is 0.254 e. The van der Waals surface area contributed by atoms with Crippen molar-refractivity contribution in [1.82, 2.24) is 4.90 Å². The number of hydrogen-bond acceptors (Lipinski definition) is 2. The van der Waals surface area contributed by atoms with E-state index in [2.05, 4.69) is 0 Å². The van der Waals surface area contributed by atoms with Gasteiger partial charge in [0.25, 0.3) is 5.91 Å². The minimum atomic E-state index is -0.0392. The molecule has 0 fully saturated rings. The fourth-order valence-corrected chi connectivity index (χ4v) is 1.55. The third-order valence-electron chi connectivity index (χ3n) is 2.19. The van der Waals surface area contributed by atoms with Crippen LogP contribution in [0, 0.1) is 0 Å². The summed E-state index contributed by atoms with van der Waals surface area (Å²) >= 11 is 0. The van der Waals surface area contributed by atoms with Crippen LogP contribution in [0.3, 0.4) is 0 Å². The van der Waals surface area contributed by atoms with Crippen LogP contribution in [-0.4, -0.2) is 23.6 Å². The van der Waals surface area contributed by atoms with Crippen LogP contribution < -0.4 is 0 Å². The molecular formula is C10H9NO2. The van der Waals surface area contributed by atoms with E-state index in [4.69, 9.17) is 0 Å². The molecular weight excluding hydrogens is 166 g/mol. The third-order valence-corrected chi connectivity index (χ3v) is 2.19. The van der Waals surface area contributed by atoms with E-state index in [-0.39, 0.29) is 12.5 Å². The van der Waals surface area contributed by atoms with Crippen molar-refractivity contribution in [2.75, 3.05) is 6.54 Å². The molecule has 1 amide bonds. The quantitative estimate of drug-likeness (QED) is 0.624. The van der Waals surface area contributed by atoms with Gasteiger partial charge in [-0.2, -0.15) is 0 Å². The highest BCUT2D eigenvalue weighted by Gasteiger charge is 2.25. The monoisotopic (exact) mass is 175 g/mol. The summed E-state index contributed by atoms with van der Waals surface area (Å²) in [7, 11) is 0. The molecule has 1 heterocycles. The van der Waals surface area contributed by atoms with Crippen molar-refractivity contribution < 1.29 is 9.59 Å². The predicted octanol–water partition coefficient (Wildman–Crippen LogP) is 0.841. The zero-order chi connectivity index (χ0) is 9.26. The summed E-state index contributed by atoms with van der Waals surface area (Å²) in [6.45, 7) is 0.751. The van der Waals surface area contributed by atoms with Gasteiger partial charge in [-0.05, 0) is 11.6 Å². The maximum atomic E-state index is 11.6. The minimum absolute atomic E-state index is 0.0392. The maximum absolute atomic E-state index is 11.6. The molecule has 0 aromatic heterocycles. The smallest absolute Gasteiger partial charge is 0.254 e. The molecule has 13 heavy (non-hydrogen) atoms. The largest absolute Gasteiger partial charge is 0.327 e. The van der Waals surface area contributed by atoms with Gasteiger partial charge >= 0.3 is 0 Å². The topological polar surface area (TPSA) is 37.4 Å². The number of carbonyl (C=O) groups excluding carboxylic acids is 2. The van der Waals surface area contributed by atoms with Crippen LogP contribution in [0.25, 0.3) is 0 Å². The third kappa shape index (κ3) is 1.22. The minimum Gasteiger partial charge on any atom is -0.327 e. The molecule has 66 valence electrons. The number of amides is 1. The Hall–Kier alpha value is -1.64. The lowest BCUT2D eigenvalue weighted by Crippen LogP contribution is -2.25. The zero-order valence-electron chi connectivity index (χ0n) is 7.06. The van der Waals surface area contributed by atoms with Gasteiger partial charge in [0.15, 0.2) is 0 Å². The first-order valence-electron chi connectivity index (χ1n) is 4.14. The molecule has 0 unspecified atom stereocenters. The summed E-state index contributed by atoms with van der Waals surface area (Å²) in [6.07, 6.45) is 0.754. The Labute approximate surface area is 76.0 Å². The lowest BCUT2D eigenvalue weighted by atomic mass is 10.1. The highest BCUT2D eigenvalue weighted by atomic mass is 16.2. The van der Waals surface area contributed by atoms with Crippen LogP contribution >= 0.6 is 0 Å². The van der Waals surface area contributed by atoms with Gasteiger partial charge in [0.05, 0.1) is 6.54 Å². The molecule has 3 heteroatoms. The van der Waals surface area contributed by atoms with E-state index >= 15 is 0 Å². The van der Waals surface area contributed by atoms with Crippen LogP contribution in [0.2, 0.25) is 0 Å². The fourth-order valence-electron chi connectivity index (χ4n) is 1.55. The van der Waals surface area contributed by atoms with Crippen LogP contribution in [0.15, 0.2) is 24.3 Å². The number of nitrogens with zero attached hydrogens (tertiary/aromatic N) is 1. The molecule has 1 aliphatic rings. The average molecular weight is 175 g/mol. The second kappa shape index (κ2) is 3.01. The van der Waals surface area contributed by atoms with Crippen LogP contribution in [0.4, 0.5) is 0 Å². The Morgan fingerprint density at radius 3 is 2.85 bits per heavy atom. The van der Waals surface area contributed by atoms with Crippen molar-refractivity contribution in [2.45, 2.75) is 6.54 Å². The van der Waals surface area contributed by atoms with Crippen LogP contribution in [-0.2, 0) is 11.3 Å². The normalized spacial score (nSPS) is 14.5. The van der Waals surface area contributed by atoms with E-state index in [9.17, 15) is 9.59 Å². The highest BCUT2D eigenvalue weighted by Crippen LogP contribution is 2.21. The van der Waals surface area contributed by atoms with Gasteiger partial charge in [-0.3, -0.25) is 4.79 Å². The molecule has 1 aliphatic heterocycles. The summed E-state index contributed by atoms with van der Waals surface area (Å²) in [5.41, 5.74) is 1.73. The van der Waals surface area contributed by atoms with Crippen molar-refractivity contribution in [3.05, 3.63) is 35.4 Å². The first-order chi connectivity index (χ1) is 6.33. The molecule has 2 rings (SSSR count). The van der Waals surface area contributed by atoms with Crippen molar-refractivity contribution in [3.63, 3.8) is 0 Å². The highest BCUT2D eigenvalue weighted by molar-refractivity contribution is 5.99. The molecule has 0 saturated carbocycles. The zero-order valence-corrected chi connectivity index (χ0v) is 7.06. The summed E-state index contributed by atoms with van der Waals surface area (Å²) in [4.78, 5) is 23.4. The van der Waals surface area contributed by atoms with Gasteiger partial charge in [0.2, 0.25) is 0 Å². The number of benzene rings is 1. The molecule has 1 aromatic carbocycles. The SMILES string of the molecule is O=CCN1Cc2ccccc2C1=O. The van der Waals surface area contributed by atoms with Gasteiger partial charge in [0.1, 0.15) is 6.29 Å². The van der Waals surface area contributed by atoms with E-state index in [1.165, 1.54) is 4.90 Å². The molecule has 0 N–H and O–H groups in total. The Kier molecular flexibility index (Phi) is 1.85. The Morgan fingerprint density at radius 2 is 2.15 bits per heavy atom. The number of fused-ring (bicyclic) bond motifs is 1. The average Bonchev–Trinajstić information content (AvgIpc) is 2.46. The summed E-state index contributed by atoms with van der Waals surface area (Å²) < 4.78 is 0. The second-order valence-corrected chi connectivity index (χ2v) is 3.01. The molecule has 3 nitrogen and oxygen atoms in total. The molecule has 0 aliphatic carbocycles. The van der Waals surface area contributed by atoms with Gasteiger partial charge < -0.3 is 9.69 Å². The summed E-state index contributed by atoms with van der Waals surface area (Å²) in [5.74, 6) is -0.0392. The lowest BCUT2D eigenvalue weighted by Gasteiger charge is -2.09. The molecule has 0 atom stereocenters. The number of aldehydes is 1. The molecule has 0 bridgehead atoms. The Balaban J connectivity index is 2.32. The van der Waals surface area contributed by atoms with Gasteiger partial charge in [0, 0.05) is 12.1 Å². The van der Waals surface area contributed by atoms with Crippen molar-refractivity contribution in [2.24, 2.45) is 0 Å². The first kappa shape index (κ1) is 7.98. The van der Waals surface area contributed by atoms with Gasteiger partial charge in [-0.1, -0.05) is 18.2 Å². The van der Waals surface area contributed by atoms with Crippen molar-refractivity contribution >= 4 is 12.2 Å². The molecule has 0 radical (unpaired) electrons.